The van der Waals surface area contributed by atoms with Crippen molar-refractivity contribution >= 4 is 312 Å². The first-order valence-electron chi connectivity index (χ1n) is 30.2. The third kappa shape index (κ3) is 35.9. The molecule has 104 heavy (non-hydrogen) atoms. The van der Waals surface area contributed by atoms with Crippen molar-refractivity contribution in [1.82, 2.24) is 0 Å². The van der Waals surface area contributed by atoms with Crippen molar-refractivity contribution in [3.8, 4) is 69.0 Å². The summed E-state index contributed by atoms with van der Waals surface area (Å²) in [5, 5.41) is 75.1. The molecule has 0 aliphatic rings. The molecule has 0 radical (unpaired) electrons. The van der Waals surface area contributed by atoms with E-state index in [1.807, 2.05) is 55.0 Å². The molecule has 8 aromatic rings. The minimum absolute atomic E-state index is 0.0169. The van der Waals surface area contributed by atoms with Gasteiger partial charge in [-0.15, -0.1) is 0 Å². The number of aromatic hydroxyl groups is 8. The maximum absolute atomic E-state index is 9.63. The summed E-state index contributed by atoms with van der Waals surface area (Å²) in [5.74, 6) is 5.09. The van der Waals surface area contributed by atoms with Gasteiger partial charge in [-0.3, -0.25) is 0 Å². The van der Waals surface area contributed by atoms with Crippen molar-refractivity contribution in [3.05, 3.63) is 164 Å². The van der Waals surface area contributed by atoms with Crippen LogP contribution in [0.5, 0.6) is 69.0 Å². The van der Waals surface area contributed by atoms with E-state index >= 15 is 0 Å². The molecule has 0 spiro atoms. The second-order valence-corrected chi connectivity index (χ2v) is 196. The van der Waals surface area contributed by atoms with Crippen LogP contribution >= 0.6 is 162 Å². The van der Waals surface area contributed by atoms with E-state index in [4.69, 9.17) is 54.8 Å². The average molecular weight is 3140 g/mol. The Hall–Kier alpha value is 3.68. The van der Waals surface area contributed by atoms with E-state index in [0.29, 0.717) is 9.17 Å². The van der Waals surface area contributed by atoms with Crippen molar-refractivity contribution in [1.29, 1.82) is 0 Å². The molecule has 8 aromatic carbocycles. The van der Waals surface area contributed by atoms with E-state index in [1.165, 1.54) is 79.6 Å². The number of benzene rings is 8. The number of phenols is 8. The summed E-state index contributed by atoms with van der Waals surface area (Å²) in [6.45, 7) is 24.1. The van der Waals surface area contributed by atoms with Gasteiger partial charge in [0.05, 0.1) is 0 Å². The molecule has 0 bridgehead atoms. The molecule has 8 N–H and O–H groups in total. The second-order valence-electron chi connectivity index (χ2n) is 23.5. The van der Waals surface area contributed by atoms with Crippen LogP contribution in [0.1, 0.15) is 66.8 Å². The van der Waals surface area contributed by atoms with Gasteiger partial charge in [0.15, 0.2) is 0 Å². The number of halogens is 12. The fourth-order valence-electron chi connectivity index (χ4n) is 8.35. The Morgan fingerprint density at radius 1 is 0.279 bits per heavy atom. The molecule has 0 atom stereocenters. The fraction of sp³-hybridized carbons (Fsp3) is 0.333. The van der Waals surface area contributed by atoms with Crippen molar-refractivity contribution in [2.75, 3.05) is 28.4 Å². The summed E-state index contributed by atoms with van der Waals surface area (Å²) >= 11 is 14.0. The molecule has 0 heterocycles. The summed E-state index contributed by atoms with van der Waals surface area (Å²) in [4.78, 5) is 16.9. The quantitative estimate of drug-likeness (QED) is 0.0426. The van der Waals surface area contributed by atoms with Crippen LogP contribution in [0.15, 0.2) is 97.1 Å². The zero-order valence-electron chi connectivity index (χ0n) is 62.2. The summed E-state index contributed by atoms with van der Waals surface area (Å²) in [6, 6.07) is 30.0. The van der Waals surface area contributed by atoms with E-state index in [2.05, 4.69) is 249 Å². The van der Waals surface area contributed by atoms with Gasteiger partial charge in [-0.1, -0.05) is 0 Å². The summed E-state index contributed by atoms with van der Waals surface area (Å²) in [7, 11) is 27.4. The Morgan fingerprint density at radius 2 is 0.510 bits per heavy atom. The van der Waals surface area contributed by atoms with Crippen LogP contribution in [0.4, 0.5) is 0 Å². The SMILES string of the molecule is COc1cc(C)c(C)cc1[Te](C)(Br)Br.COc1cc(C)c(C)cc1[Te](C)(Cl)Cl.COc1cc(C)c(C)cc1[Te](C)(I)I.COc1cc(C)c(C)cc1[Te]C.C[Te]c1cc(C)c(O)cc1O.Cc1cc([Te](C)(Br)Br)c(O)cc1O.Cc1cc([Te](C)(Cl)Cl)c(O)cc1O.Cc1cc([Te](C)(I)I)c(O)cc1O. The maximum atomic E-state index is 9.63. The zero-order chi connectivity index (χ0) is 81.0. The molecule has 0 amide bonds. The molecule has 0 fully saturated rings. The van der Waals surface area contributed by atoms with Gasteiger partial charge >= 0.3 is 756 Å². The first kappa shape index (κ1) is 106. The Balaban J connectivity index is 0.000000595. The van der Waals surface area contributed by atoms with Gasteiger partial charge < -0.3 is 0 Å². The summed E-state index contributed by atoms with van der Waals surface area (Å²) in [6.07, 6.45) is 0. The molecule has 0 aromatic heterocycles. The van der Waals surface area contributed by atoms with Crippen molar-refractivity contribution in [2.24, 2.45) is 0 Å². The molecule has 588 valence electrons. The van der Waals surface area contributed by atoms with Gasteiger partial charge in [0.1, 0.15) is 0 Å². The normalized spacial score (nSPS) is 12.2. The number of aryl methyl sites for hydroxylation is 12. The summed E-state index contributed by atoms with van der Waals surface area (Å²) < 4.78 is 30.1. The van der Waals surface area contributed by atoms with Crippen LogP contribution in [0.3, 0.4) is 0 Å². The van der Waals surface area contributed by atoms with Crippen LogP contribution in [-0.2, 0) is 0 Å². The van der Waals surface area contributed by atoms with Gasteiger partial charge in [-0.25, -0.2) is 0 Å². The predicted molar refractivity (Wildman–Crippen MR) is 513 cm³/mol. The molecule has 0 aliphatic carbocycles. The van der Waals surface area contributed by atoms with Crippen LogP contribution < -0.4 is 47.8 Å². The molecule has 12 nitrogen and oxygen atoms in total. The predicted octanol–water partition coefficient (Wildman–Crippen LogP) is 19.6. The molecule has 32 heteroatoms. The Bertz CT molecular complexity index is 3840. The standard InChI is InChI=1S/C10H14Br2OTe.C10H14Cl2OTe.C10H14I2OTe.C10H14OTe.C8H10Br2O2Te.C8H10Cl2O2Te.C8H10I2O2Te.C8H10O2Te/c3*1-7-5-9(13-3)10(6-8(7)2)14(4,11)12;1-7-5-9(11-3)10(12-4)6-8(7)2;3*1-5-3-8(13(2,9)10)7(12)4-6(5)11;1-5-3-8(11-2)7(10)4-6(5)9/h3*5-6H,1-4H3;5-6H,1-4H3;3*3-4,11-12H,1-2H3;3-4,9-10H,1-2H3. The number of ether oxygens (including phenoxy) is 4. The number of methoxy groups -OCH3 is 4. The zero-order valence-corrected chi connectivity index (χ0v) is 98.9. The molecule has 8 rings (SSSR count). The molecule has 0 saturated carbocycles. The second kappa shape index (κ2) is 47.9. The van der Waals surface area contributed by atoms with Crippen LogP contribution in [0.2, 0.25) is 39.8 Å². The van der Waals surface area contributed by atoms with Crippen LogP contribution in [0, 0.1) is 83.1 Å². The van der Waals surface area contributed by atoms with Gasteiger partial charge in [-0.2, -0.15) is 0 Å². The van der Waals surface area contributed by atoms with Crippen LogP contribution in [0.25, 0.3) is 0 Å². The third-order valence-corrected chi connectivity index (χ3v) is 64.6. The van der Waals surface area contributed by atoms with Gasteiger partial charge in [-0.05, 0) is 0 Å². The Morgan fingerprint density at radius 3 is 0.837 bits per heavy atom. The van der Waals surface area contributed by atoms with Crippen molar-refractivity contribution in [3.63, 3.8) is 0 Å². The topological polar surface area (TPSA) is 199 Å². The number of phenolic OH excluding ortho intramolecular Hbond substituents is 8. The van der Waals surface area contributed by atoms with E-state index < -0.39 is 80.0 Å². The first-order valence-corrected chi connectivity index (χ1v) is 118. The van der Waals surface area contributed by atoms with E-state index in [0.717, 1.165) is 54.1 Å². The van der Waals surface area contributed by atoms with Crippen molar-refractivity contribution < 1.29 is 59.8 Å². The molecular formula is C72H96Br4Cl4I4O12Te8. The molecule has 0 unspecified atom stereocenters. The molecule has 0 saturated heterocycles. The Kier molecular flexibility index (Phi) is 48.7. The first-order chi connectivity index (χ1) is 47.4. The molecule has 0 aliphatic heterocycles. The average Bonchev–Trinajstić information content (AvgIpc) is 0.824. The van der Waals surface area contributed by atoms with Gasteiger partial charge in [0.2, 0.25) is 0 Å². The van der Waals surface area contributed by atoms with E-state index in [1.54, 1.807) is 46.4 Å². The monoisotopic (exact) mass is 3160 g/mol. The minimum atomic E-state index is -3.06. The number of hydrogen-bond acceptors (Lipinski definition) is 12. The number of hydrogen-bond donors (Lipinski definition) is 8. The van der Waals surface area contributed by atoms with Crippen molar-refractivity contribution in [2.45, 2.75) is 123 Å². The van der Waals surface area contributed by atoms with Gasteiger partial charge in [0.25, 0.3) is 0 Å². The van der Waals surface area contributed by atoms with Crippen LogP contribution in [-0.4, -0.2) is 191 Å². The third-order valence-electron chi connectivity index (χ3n) is 15.0. The van der Waals surface area contributed by atoms with E-state index in [9.17, 15) is 40.9 Å². The number of rotatable bonds is 12. The fourth-order valence-corrected chi connectivity index (χ4v) is 45.7. The van der Waals surface area contributed by atoms with E-state index in [-0.39, 0.29) is 87.8 Å². The Labute approximate surface area is 741 Å². The summed E-state index contributed by atoms with van der Waals surface area (Å²) in [5.41, 5.74) is 13.5. The molecular weight excluding hydrogens is 3050 g/mol. The van der Waals surface area contributed by atoms with Gasteiger partial charge in [0, 0.05) is 0 Å².